The Morgan fingerprint density at radius 2 is 1.42 bits per heavy atom. The van der Waals surface area contributed by atoms with E-state index in [4.69, 9.17) is 0 Å². The van der Waals surface area contributed by atoms with Crippen molar-refractivity contribution in [1.29, 1.82) is 0 Å². The maximum Gasteiger partial charge on any atom is 0.0473 e. The van der Waals surface area contributed by atoms with Gasteiger partial charge in [-0.05, 0) is 53.3 Å². The van der Waals surface area contributed by atoms with E-state index in [1.807, 2.05) is 0 Å². The Labute approximate surface area is 114 Å². The minimum atomic E-state index is 1.31. The van der Waals surface area contributed by atoms with Crippen molar-refractivity contribution in [3.63, 3.8) is 0 Å². The number of anilines is 1. The summed E-state index contributed by atoms with van der Waals surface area (Å²) >= 11 is 0. The molecule has 0 spiro atoms. The van der Waals surface area contributed by atoms with Gasteiger partial charge in [0.25, 0.3) is 0 Å². The van der Waals surface area contributed by atoms with Gasteiger partial charge in [0.2, 0.25) is 0 Å². The van der Waals surface area contributed by atoms with E-state index < -0.39 is 0 Å². The van der Waals surface area contributed by atoms with E-state index >= 15 is 0 Å². The average Bonchev–Trinajstić information content (AvgIpc) is 2.37. The molecule has 0 unspecified atom stereocenters. The van der Waals surface area contributed by atoms with E-state index in [9.17, 15) is 0 Å². The van der Waals surface area contributed by atoms with Crippen LogP contribution < -0.4 is 4.90 Å². The summed E-state index contributed by atoms with van der Waals surface area (Å²) in [6.45, 7) is 4.40. The fourth-order valence-electron chi connectivity index (χ4n) is 2.89. The number of nitrogens with zero attached hydrogens (tertiary/aromatic N) is 1. The second-order valence-corrected chi connectivity index (χ2v) is 5.48. The first-order chi connectivity index (χ1) is 9.08. The minimum Gasteiger partial charge on any atom is -0.377 e. The van der Waals surface area contributed by atoms with Crippen molar-refractivity contribution in [3.8, 4) is 0 Å². The molecule has 0 bridgehead atoms. The van der Waals surface area contributed by atoms with Crippen molar-refractivity contribution in [2.45, 2.75) is 13.8 Å². The molecule has 1 heteroatoms. The number of hydrogen-bond acceptors (Lipinski definition) is 1. The van der Waals surface area contributed by atoms with Gasteiger partial charge in [-0.3, -0.25) is 0 Å². The molecule has 0 fully saturated rings. The third-order valence-electron chi connectivity index (χ3n) is 3.94. The lowest BCUT2D eigenvalue weighted by Gasteiger charge is -2.21. The normalized spacial score (nSPS) is 11.2. The van der Waals surface area contributed by atoms with Gasteiger partial charge >= 0.3 is 0 Å². The van der Waals surface area contributed by atoms with E-state index in [-0.39, 0.29) is 0 Å². The van der Waals surface area contributed by atoms with Crippen LogP contribution >= 0.6 is 0 Å². The molecular formula is C18H19N. The zero-order valence-electron chi connectivity index (χ0n) is 12.0. The Morgan fingerprint density at radius 3 is 2.05 bits per heavy atom. The zero-order chi connectivity index (χ0) is 13.6. The Hall–Kier alpha value is -2.02. The van der Waals surface area contributed by atoms with Gasteiger partial charge in [-0.1, -0.05) is 30.3 Å². The highest BCUT2D eigenvalue weighted by molar-refractivity contribution is 6.05. The molecule has 0 heterocycles. The number of hydrogen-bond donors (Lipinski definition) is 0. The van der Waals surface area contributed by atoms with Crippen LogP contribution in [0.5, 0.6) is 0 Å². The molecule has 1 nitrogen and oxygen atoms in total. The van der Waals surface area contributed by atoms with Crippen LogP contribution in [0.3, 0.4) is 0 Å². The van der Waals surface area contributed by atoms with Crippen molar-refractivity contribution in [1.82, 2.24) is 0 Å². The van der Waals surface area contributed by atoms with Crippen LogP contribution in [0.15, 0.2) is 42.5 Å². The lowest BCUT2D eigenvalue weighted by atomic mass is 9.96. The third-order valence-corrected chi connectivity index (χ3v) is 3.94. The second-order valence-electron chi connectivity index (χ2n) is 5.48. The van der Waals surface area contributed by atoms with E-state index in [1.54, 1.807) is 0 Å². The summed E-state index contributed by atoms with van der Waals surface area (Å²) in [5, 5.41) is 5.28. The molecule has 0 aromatic heterocycles. The molecule has 19 heavy (non-hydrogen) atoms. The lowest BCUT2D eigenvalue weighted by Crippen LogP contribution is -2.11. The van der Waals surface area contributed by atoms with Gasteiger partial charge in [-0.15, -0.1) is 0 Å². The monoisotopic (exact) mass is 249 g/mol. The van der Waals surface area contributed by atoms with Crippen molar-refractivity contribution >= 4 is 27.2 Å². The fourth-order valence-corrected chi connectivity index (χ4v) is 2.89. The van der Waals surface area contributed by atoms with E-state index in [0.29, 0.717) is 0 Å². The standard InChI is InChI=1S/C18H19N/c1-12-9-16-10-14-7-5-6-8-15(14)11-17(16)18(13(12)2)19(3)4/h5-11H,1-4H3. The van der Waals surface area contributed by atoms with Crippen molar-refractivity contribution in [2.75, 3.05) is 19.0 Å². The molecule has 0 saturated carbocycles. The van der Waals surface area contributed by atoms with Gasteiger partial charge in [0.05, 0.1) is 0 Å². The SMILES string of the molecule is Cc1cc2cc3ccccc3cc2c(N(C)C)c1C. The highest BCUT2D eigenvalue weighted by atomic mass is 15.1. The van der Waals surface area contributed by atoms with Crippen molar-refractivity contribution in [3.05, 3.63) is 53.6 Å². The number of benzene rings is 3. The summed E-state index contributed by atoms with van der Waals surface area (Å²) in [5.74, 6) is 0. The molecular weight excluding hydrogens is 230 g/mol. The second kappa shape index (κ2) is 4.27. The summed E-state index contributed by atoms with van der Waals surface area (Å²) < 4.78 is 0. The molecule has 0 atom stereocenters. The Morgan fingerprint density at radius 1 is 0.789 bits per heavy atom. The smallest absolute Gasteiger partial charge is 0.0473 e. The Balaban J connectivity index is 2.50. The van der Waals surface area contributed by atoms with Gasteiger partial charge in [0.1, 0.15) is 0 Å². The topological polar surface area (TPSA) is 3.24 Å². The zero-order valence-corrected chi connectivity index (χ0v) is 12.0. The van der Waals surface area contributed by atoms with Crippen LogP contribution in [0.4, 0.5) is 5.69 Å². The predicted molar refractivity (Wildman–Crippen MR) is 85.3 cm³/mol. The molecule has 0 aliphatic rings. The summed E-state index contributed by atoms with van der Waals surface area (Å²) in [7, 11) is 4.24. The van der Waals surface area contributed by atoms with Crippen LogP contribution in [-0.4, -0.2) is 14.1 Å². The Kier molecular flexibility index (Phi) is 2.70. The highest BCUT2D eigenvalue weighted by Gasteiger charge is 2.10. The van der Waals surface area contributed by atoms with E-state index in [0.717, 1.165) is 0 Å². The first kappa shape index (κ1) is 12.0. The van der Waals surface area contributed by atoms with Gasteiger partial charge in [0.15, 0.2) is 0 Å². The summed E-state index contributed by atoms with van der Waals surface area (Å²) in [4.78, 5) is 2.22. The third kappa shape index (κ3) is 1.86. The van der Waals surface area contributed by atoms with E-state index in [2.05, 4.69) is 75.3 Å². The van der Waals surface area contributed by atoms with E-state index in [1.165, 1.54) is 38.4 Å². The van der Waals surface area contributed by atoms with Crippen LogP contribution in [0, 0.1) is 13.8 Å². The first-order valence-electron chi connectivity index (χ1n) is 6.68. The van der Waals surface area contributed by atoms with Gasteiger partial charge in [-0.25, -0.2) is 0 Å². The molecule has 0 saturated heterocycles. The molecule has 0 aliphatic heterocycles. The molecule has 3 rings (SSSR count). The summed E-state index contributed by atoms with van der Waals surface area (Å²) in [6, 6.07) is 15.5. The summed E-state index contributed by atoms with van der Waals surface area (Å²) in [6.07, 6.45) is 0. The Bertz CT molecular complexity index is 769. The summed E-state index contributed by atoms with van der Waals surface area (Å²) in [5.41, 5.74) is 4.06. The predicted octanol–water partition coefficient (Wildman–Crippen LogP) is 4.68. The lowest BCUT2D eigenvalue weighted by molar-refractivity contribution is 1.12. The largest absolute Gasteiger partial charge is 0.377 e. The van der Waals surface area contributed by atoms with Crippen molar-refractivity contribution < 1.29 is 0 Å². The number of aryl methyl sites for hydroxylation is 1. The van der Waals surface area contributed by atoms with Gasteiger partial charge in [0, 0.05) is 25.2 Å². The molecule has 3 aromatic carbocycles. The number of rotatable bonds is 1. The molecule has 0 radical (unpaired) electrons. The maximum absolute atomic E-state index is 2.31. The van der Waals surface area contributed by atoms with Gasteiger partial charge in [-0.2, -0.15) is 0 Å². The average molecular weight is 249 g/mol. The quantitative estimate of drug-likeness (QED) is 0.566. The first-order valence-corrected chi connectivity index (χ1v) is 6.68. The van der Waals surface area contributed by atoms with Crippen molar-refractivity contribution in [2.24, 2.45) is 0 Å². The molecule has 96 valence electrons. The highest BCUT2D eigenvalue weighted by Crippen LogP contribution is 2.34. The molecule has 0 amide bonds. The molecule has 3 aromatic rings. The number of fused-ring (bicyclic) bond motifs is 2. The van der Waals surface area contributed by atoms with Gasteiger partial charge < -0.3 is 4.90 Å². The molecule has 0 N–H and O–H groups in total. The fraction of sp³-hybridized carbons (Fsp3) is 0.222. The van der Waals surface area contributed by atoms with Crippen LogP contribution in [0.2, 0.25) is 0 Å². The molecule has 0 aliphatic carbocycles. The van der Waals surface area contributed by atoms with Crippen LogP contribution in [0.1, 0.15) is 11.1 Å². The van der Waals surface area contributed by atoms with Crippen LogP contribution in [0.25, 0.3) is 21.5 Å². The van der Waals surface area contributed by atoms with Crippen LogP contribution in [-0.2, 0) is 0 Å². The minimum absolute atomic E-state index is 1.31. The maximum atomic E-state index is 2.31.